The van der Waals surface area contributed by atoms with Crippen LogP contribution in [0.3, 0.4) is 0 Å². The lowest BCUT2D eigenvalue weighted by atomic mass is 10.1. The number of carbonyl (C=O) groups excluding carboxylic acids is 1. The van der Waals surface area contributed by atoms with Crippen LogP contribution in [0.25, 0.3) is 0 Å². The highest BCUT2D eigenvalue weighted by Gasteiger charge is 2.22. The molecule has 1 saturated carbocycles. The van der Waals surface area contributed by atoms with Crippen LogP contribution in [-0.4, -0.2) is 20.9 Å². The topological polar surface area (TPSA) is 63.2 Å². The van der Waals surface area contributed by atoms with Crippen molar-refractivity contribution in [1.82, 2.24) is 5.32 Å². The third-order valence-corrected chi connectivity index (χ3v) is 5.17. The molecule has 0 aliphatic heterocycles. The maximum atomic E-state index is 13.8. The SMILES string of the molecule is CC1CCC(CNC(=O)c2ccc(S(=O)(=O)Cl)cc2F)C1. The van der Waals surface area contributed by atoms with Crippen LogP contribution in [0.2, 0.25) is 0 Å². The van der Waals surface area contributed by atoms with Gasteiger partial charge in [-0.25, -0.2) is 12.8 Å². The van der Waals surface area contributed by atoms with Crippen LogP contribution in [-0.2, 0) is 9.05 Å². The Bertz CT molecular complexity index is 648. The molecule has 1 aromatic rings. The summed E-state index contributed by atoms with van der Waals surface area (Å²) >= 11 is 0. The van der Waals surface area contributed by atoms with Crippen molar-refractivity contribution in [2.24, 2.45) is 11.8 Å². The number of benzene rings is 1. The maximum Gasteiger partial charge on any atom is 0.261 e. The first-order valence-corrected chi connectivity index (χ1v) is 9.10. The second-order valence-corrected chi connectivity index (χ2v) is 8.14. The molecular formula is C14H17ClFNO3S. The molecule has 0 bridgehead atoms. The normalized spacial score (nSPS) is 22.2. The molecule has 1 fully saturated rings. The van der Waals surface area contributed by atoms with Crippen LogP contribution >= 0.6 is 10.7 Å². The van der Waals surface area contributed by atoms with Crippen LogP contribution in [0, 0.1) is 17.7 Å². The van der Waals surface area contributed by atoms with Crippen molar-refractivity contribution < 1.29 is 17.6 Å². The minimum Gasteiger partial charge on any atom is -0.352 e. The van der Waals surface area contributed by atoms with E-state index in [2.05, 4.69) is 12.2 Å². The Morgan fingerprint density at radius 1 is 1.43 bits per heavy atom. The second-order valence-electron chi connectivity index (χ2n) is 5.57. The monoisotopic (exact) mass is 333 g/mol. The highest BCUT2D eigenvalue weighted by molar-refractivity contribution is 8.13. The molecule has 7 heteroatoms. The first kappa shape index (κ1) is 16.2. The zero-order valence-electron chi connectivity index (χ0n) is 11.6. The molecule has 0 radical (unpaired) electrons. The molecule has 1 aliphatic rings. The number of amides is 1. The van der Waals surface area contributed by atoms with Crippen molar-refractivity contribution in [3.8, 4) is 0 Å². The van der Waals surface area contributed by atoms with E-state index in [1.807, 2.05) is 0 Å². The van der Waals surface area contributed by atoms with Gasteiger partial charge >= 0.3 is 0 Å². The lowest BCUT2D eigenvalue weighted by Crippen LogP contribution is -2.29. The molecule has 1 aliphatic carbocycles. The van der Waals surface area contributed by atoms with E-state index >= 15 is 0 Å². The Kier molecular flexibility index (Phi) is 4.88. The molecule has 4 nitrogen and oxygen atoms in total. The van der Waals surface area contributed by atoms with Crippen molar-refractivity contribution in [1.29, 1.82) is 0 Å². The number of halogens is 2. The molecule has 2 atom stereocenters. The van der Waals surface area contributed by atoms with Crippen LogP contribution < -0.4 is 5.32 Å². The standard InChI is InChI=1S/C14H17ClFNO3S/c1-9-2-3-10(6-9)8-17-14(18)12-5-4-11(7-13(12)16)21(15,19)20/h4-5,7,9-10H,2-3,6,8H2,1H3,(H,17,18). The molecule has 2 rings (SSSR count). The summed E-state index contributed by atoms with van der Waals surface area (Å²) in [6.45, 7) is 2.69. The average Bonchev–Trinajstić information content (AvgIpc) is 2.80. The Morgan fingerprint density at radius 3 is 2.67 bits per heavy atom. The van der Waals surface area contributed by atoms with E-state index in [0.29, 0.717) is 18.4 Å². The van der Waals surface area contributed by atoms with Crippen molar-refractivity contribution in [2.45, 2.75) is 31.1 Å². The predicted molar refractivity (Wildman–Crippen MR) is 78.3 cm³/mol. The van der Waals surface area contributed by atoms with Crippen LogP contribution in [0.1, 0.15) is 36.5 Å². The van der Waals surface area contributed by atoms with E-state index in [9.17, 15) is 17.6 Å². The molecule has 116 valence electrons. The molecule has 0 heterocycles. The van der Waals surface area contributed by atoms with E-state index in [1.54, 1.807) is 0 Å². The molecule has 1 aromatic carbocycles. The van der Waals surface area contributed by atoms with Crippen LogP contribution in [0.15, 0.2) is 23.1 Å². The van der Waals surface area contributed by atoms with Crippen LogP contribution in [0.4, 0.5) is 4.39 Å². The summed E-state index contributed by atoms with van der Waals surface area (Å²) in [5.74, 6) is -0.342. The molecule has 0 aromatic heterocycles. The molecule has 2 unspecified atom stereocenters. The quantitative estimate of drug-likeness (QED) is 0.862. The number of rotatable bonds is 4. The van der Waals surface area contributed by atoms with Crippen molar-refractivity contribution in [3.63, 3.8) is 0 Å². The van der Waals surface area contributed by atoms with Gasteiger partial charge in [0.2, 0.25) is 0 Å². The molecule has 0 saturated heterocycles. The average molecular weight is 334 g/mol. The Balaban J connectivity index is 2.03. The van der Waals surface area contributed by atoms with Gasteiger partial charge in [0.15, 0.2) is 0 Å². The molecule has 1 N–H and O–H groups in total. The summed E-state index contributed by atoms with van der Waals surface area (Å²) in [7, 11) is 1.13. The summed E-state index contributed by atoms with van der Waals surface area (Å²) in [6.07, 6.45) is 3.27. The second kappa shape index (κ2) is 6.32. The Labute approximate surface area is 128 Å². The largest absolute Gasteiger partial charge is 0.352 e. The number of hydrogen-bond acceptors (Lipinski definition) is 3. The van der Waals surface area contributed by atoms with Crippen molar-refractivity contribution >= 4 is 25.6 Å². The molecular weight excluding hydrogens is 317 g/mol. The van der Waals surface area contributed by atoms with Gasteiger partial charge in [-0.15, -0.1) is 0 Å². The lowest BCUT2D eigenvalue weighted by molar-refractivity contribution is 0.0943. The van der Waals surface area contributed by atoms with Gasteiger partial charge in [0.1, 0.15) is 5.82 Å². The molecule has 0 spiro atoms. The van der Waals surface area contributed by atoms with Gasteiger partial charge in [-0.1, -0.05) is 13.3 Å². The van der Waals surface area contributed by atoms with Gasteiger partial charge in [0.25, 0.3) is 15.0 Å². The van der Waals surface area contributed by atoms with E-state index in [0.717, 1.165) is 37.5 Å². The lowest BCUT2D eigenvalue weighted by Gasteiger charge is -2.11. The smallest absolute Gasteiger partial charge is 0.261 e. The first-order chi connectivity index (χ1) is 9.77. The first-order valence-electron chi connectivity index (χ1n) is 6.80. The van der Waals surface area contributed by atoms with Crippen molar-refractivity contribution in [2.75, 3.05) is 6.54 Å². The summed E-state index contributed by atoms with van der Waals surface area (Å²) in [6, 6.07) is 3.02. The third-order valence-electron chi connectivity index (χ3n) is 3.82. The minimum absolute atomic E-state index is 0.176. The fourth-order valence-corrected chi connectivity index (χ4v) is 3.44. The summed E-state index contributed by atoms with van der Waals surface area (Å²) < 4.78 is 36.0. The number of hydrogen-bond donors (Lipinski definition) is 1. The van der Waals surface area contributed by atoms with Gasteiger partial charge in [-0.05, 0) is 42.9 Å². The van der Waals surface area contributed by atoms with Gasteiger partial charge in [0.05, 0.1) is 10.5 Å². The van der Waals surface area contributed by atoms with Crippen molar-refractivity contribution in [3.05, 3.63) is 29.6 Å². The van der Waals surface area contributed by atoms with E-state index in [1.165, 1.54) is 0 Å². The van der Waals surface area contributed by atoms with Gasteiger partial charge in [-0.2, -0.15) is 0 Å². The van der Waals surface area contributed by atoms with E-state index in [4.69, 9.17) is 10.7 Å². The van der Waals surface area contributed by atoms with Crippen LogP contribution in [0.5, 0.6) is 0 Å². The van der Waals surface area contributed by atoms with Gasteiger partial charge in [0, 0.05) is 17.2 Å². The maximum absolute atomic E-state index is 13.8. The number of carbonyl (C=O) groups is 1. The number of nitrogens with one attached hydrogen (secondary N) is 1. The van der Waals surface area contributed by atoms with Gasteiger partial charge in [-0.3, -0.25) is 4.79 Å². The fourth-order valence-electron chi connectivity index (χ4n) is 2.67. The summed E-state index contributed by atoms with van der Waals surface area (Å²) in [5.41, 5.74) is -0.176. The fraction of sp³-hybridized carbons (Fsp3) is 0.500. The summed E-state index contributed by atoms with van der Waals surface area (Å²) in [5, 5.41) is 2.70. The minimum atomic E-state index is -4.00. The molecule has 1 amide bonds. The van der Waals surface area contributed by atoms with E-state index < -0.39 is 20.8 Å². The molecule has 21 heavy (non-hydrogen) atoms. The highest BCUT2D eigenvalue weighted by atomic mass is 35.7. The highest BCUT2D eigenvalue weighted by Crippen LogP contribution is 2.29. The third kappa shape index (κ3) is 4.17. The zero-order valence-corrected chi connectivity index (χ0v) is 13.2. The predicted octanol–water partition coefficient (Wildman–Crippen LogP) is 2.92. The van der Waals surface area contributed by atoms with Gasteiger partial charge < -0.3 is 5.32 Å². The Hall–Kier alpha value is -1.14. The zero-order chi connectivity index (χ0) is 15.6. The van der Waals surface area contributed by atoms with E-state index in [-0.39, 0.29) is 10.5 Å². The summed E-state index contributed by atoms with van der Waals surface area (Å²) in [4.78, 5) is 11.6. The Morgan fingerprint density at radius 2 is 2.14 bits per heavy atom.